The Bertz CT molecular complexity index is 358. The van der Waals surface area contributed by atoms with E-state index >= 15 is 0 Å². The topological polar surface area (TPSA) is 50.9 Å². The highest BCUT2D eigenvalue weighted by atomic mass is 16.2. The zero-order valence-corrected chi connectivity index (χ0v) is 12.1. The standard InChI is InChI=1S/C14H25N5O/c20-13(15-12-4-2-1-3-5-12)16-14-6-17-9-18(7-14)11-19(8-14)10-17/h12H,1-11H2,(H2,15,16,20). The summed E-state index contributed by atoms with van der Waals surface area (Å²) in [6.07, 6.45) is 6.12. The van der Waals surface area contributed by atoms with Crippen LogP contribution in [0.2, 0.25) is 0 Å². The number of carbonyl (C=O) groups is 1. The maximum Gasteiger partial charge on any atom is 0.315 e. The lowest BCUT2D eigenvalue weighted by atomic mass is 9.91. The van der Waals surface area contributed by atoms with E-state index in [1.807, 2.05) is 0 Å². The lowest BCUT2D eigenvalue weighted by Gasteiger charge is -2.60. The lowest BCUT2D eigenvalue weighted by Crippen LogP contribution is -2.80. The molecule has 0 aromatic heterocycles. The van der Waals surface area contributed by atoms with Crippen LogP contribution in [0.4, 0.5) is 4.79 Å². The number of carbonyl (C=O) groups excluding carboxylic acids is 1. The number of hydrogen-bond acceptors (Lipinski definition) is 4. The number of rotatable bonds is 2. The van der Waals surface area contributed by atoms with Gasteiger partial charge in [-0.3, -0.25) is 14.7 Å². The van der Waals surface area contributed by atoms with Crippen molar-refractivity contribution in [3.8, 4) is 0 Å². The highest BCUT2D eigenvalue weighted by molar-refractivity contribution is 5.75. The summed E-state index contributed by atoms with van der Waals surface area (Å²) in [6, 6.07) is 0.432. The Morgan fingerprint density at radius 1 is 0.900 bits per heavy atom. The van der Waals surface area contributed by atoms with E-state index in [9.17, 15) is 4.79 Å². The molecule has 112 valence electrons. The van der Waals surface area contributed by atoms with Gasteiger partial charge in [-0.15, -0.1) is 0 Å². The van der Waals surface area contributed by atoms with Crippen molar-refractivity contribution in [2.45, 2.75) is 43.7 Å². The van der Waals surface area contributed by atoms with Crippen molar-refractivity contribution in [2.24, 2.45) is 0 Å². The van der Waals surface area contributed by atoms with E-state index in [4.69, 9.17) is 0 Å². The van der Waals surface area contributed by atoms with Gasteiger partial charge in [0.05, 0.1) is 25.5 Å². The van der Waals surface area contributed by atoms with E-state index in [2.05, 4.69) is 25.3 Å². The number of nitrogens with zero attached hydrogens (tertiary/aromatic N) is 3. The van der Waals surface area contributed by atoms with Crippen LogP contribution in [0.5, 0.6) is 0 Å². The smallest absolute Gasteiger partial charge is 0.315 e. The molecule has 0 aromatic rings. The van der Waals surface area contributed by atoms with Crippen LogP contribution in [0.15, 0.2) is 0 Å². The van der Waals surface area contributed by atoms with E-state index in [0.29, 0.717) is 6.04 Å². The molecule has 6 heteroatoms. The Balaban J connectivity index is 1.37. The largest absolute Gasteiger partial charge is 0.335 e. The van der Waals surface area contributed by atoms with Crippen molar-refractivity contribution in [1.29, 1.82) is 0 Å². The van der Waals surface area contributed by atoms with Crippen LogP contribution in [0.1, 0.15) is 32.1 Å². The van der Waals surface area contributed by atoms with Crippen LogP contribution in [-0.4, -0.2) is 72.0 Å². The first-order valence-electron chi connectivity index (χ1n) is 7.97. The Morgan fingerprint density at radius 2 is 1.45 bits per heavy atom. The first kappa shape index (κ1) is 12.9. The second kappa shape index (κ2) is 4.86. The van der Waals surface area contributed by atoms with Crippen molar-refractivity contribution in [2.75, 3.05) is 39.6 Å². The third-order valence-corrected chi connectivity index (χ3v) is 5.10. The number of amides is 2. The van der Waals surface area contributed by atoms with Crippen molar-refractivity contribution in [3.63, 3.8) is 0 Å². The summed E-state index contributed by atoms with van der Waals surface area (Å²) < 4.78 is 0. The normalized spacial score (nSPS) is 43.5. The van der Waals surface area contributed by atoms with Gasteiger partial charge in [0.2, 0.25) is 0 Å². The van der Waals surface area contributed by atoms with Crippen LogP contribution in [-0.2, 0) is 0 Å². The minimum Gasteiger partial charge on any atom is -0.335 e. The molecule has 5 fully saturated rings. The van der Waals surface area contributed by atoms with E-state index < -0.39 is 0 Å². The molecule has 2 amide bonds. The monoisotopic (exact) mass is 279 g/mol. The molecule has 0 aromatic carbocycles. The molecule has 5 aliphatic rings. The first-order chi connectivity index (χ1) is 9.71. The Kier molecular flexibility index (Phi) is 3.12. The van der Waals surface area contributed by atoms with Crippen molar-refractivity contribution < 1.29 is 4.79 Å². The third-order valence-electron chi connectivity index (χ3n) is 5.10. The van der Waals surface area contributed by atoms with Gasteiger partial charge in [0.25, 0.3) is 0 Å². The molecular formula is C14H25N5O. The number of hydrogen-bond donors (Lipinski definition) is 2. The molecule has 0 unspecified atom stereocenters. The van der Waals surface area contributed by atoms with Gasteiger partial charge in [0.1, 0.15) is 0 Å². The van der Waals surface area contributed by atoms with E-state index in [1.54, 1.807) is 0 Å². The average molecular weight is 279 g/mol. The van der Waals surface area contributed by atoms with Crippen LogP contribution >= 0.6 is 0 Å². The van der Waals surface area contributed by atoms with Crippen molar-refractivity contribution in [1.82, 2.24) is 25.3 Å². The van der Waals surface area contributed by atoms with Crippen LogP contribution in [0.3, 0.4) is 0 Å². The molecule has 4 bridgehead atoms. The number of urea groups is 1. The molecule has 20 heavy (non-hydrogen) atoms. The fourth-order valence-corrected chi connectivity index (χ4v) is 4.54. The van der Waals surface area contributed by atoms with Crippen LogP contribution in [0.25, 0.3) is 0 Å². The van der Waals surface area contributed by atoms with E-state index in [-0.39, 0.29) is 11.6 Å². The quantitative estimate of drug-likeness (QED) is 0.757. The summed E-state index contributed by atoms with van der Waals surface area (Å²) in [6.45, 7) is 6.17. The maximum absolute atomic E-state index is 12.3. The van der Waals surface area contributed by atoms with Gasteiger partial charge in [-0.2, -0.15) is 0 Å². The minimum atomic E-state index is -0.0620. The van der Waals surface area contributed by atoms with Crippen LogP contribution < -0.4 is 10.6 Å². The molecule has 6 nitrogen and oxygen atoms in total. The number of nitrogens with one attached hydrogen (secondary N) is 2. The average Bonchev–Trinajstić information content (AvgIpc) is 2.37. The fourth-order valence-electron chi connectivity index (χ4n) is 4.54. The highest BCUT2D eigenvalue weighted by Gasteiger charge is 2.49. The second-order valence-corrected chi connectivity index (χ2v) is 7.12. The Labute approximate surface area is 120 Å². The predicted molar refractivity (Wildman–Crippen MR) is 76.0 cm³/mol. The summed E-state index contributed by atoms with van der Waals surface area (Å²) in [5.74, 6) is 0. The molecular weight excluding hydrogens is 254 g/mol. The second-order valence-electron chi connectivity index (χ2n) is 7.12. The maximum atomic E-state index is 12.3. The zero-order chi connectivity index (χ0) is 13.6. The predicted octanol–water partition coefficient (Wildman–Crippen LogP) is 0.176. The van der Waals surface area contributed by atoms with E-state index in [1.165, 1.54) is 19.3 Å². The summed E-state index contributed by atoms with van der Waals surface area (Å²) in [5, 5.41) is 6.49. The van der Waals surface area contributed by atoms with Gasteiger partial charge >= 0.3 is 6.03 Å². The third kappa shape index (κ3) is 2.40. The van der Waals surface area contributed by atoms with Crippen molar-refractivity contribution >= 4 is 6.03 Å². The minimum absolute atomic E-state index is 0.0439. The van der Waals surface area contributed by atoms with Crippen LogP contribution in [0, 0.1) is 0 Å². The summed E-state index contributed by atoms with van der Waals surface area (Å²) in [7, 11) is 0. The van der Waals surface area contributed by atoms with Crippen molar-refractivity contribution in [3.05, 3.63) is 0 Å². The molecule has 4 saturated heterocycles. The van der Waals surface area contributed by atoms with Gasteiger partial charge in [-0.05, 0) is 12.8 Å². The fraction of sp³-hybridized carbons (Fsp3) is 0.929. The molecule has 4 aliphatic heterocycles. The SMILES string of the molecule is O=C(NC1CCCCC1)NC12CN3CN(CN(C3)C1)C2. The Hall–Kier alpha value is -0.850. The molecule has 0 radical (unpaired) electrons. The van der Waals surface area contributed by atoms with Gasteiger partial charge in [0.15, 0.2) is 0 Å². The van der Waals surface area contributed by atoms with Gasteiger partial charge < -0.3 is 10.6 Å². The van der Waals surface area contributed by atoms with Gasteiger partial charge in [-0.1, -0.05) is 19.3 Å². The lowest BCUT2D eigenvalue weighted by molar-refractivity contribution is -0.146. The molecule has 5 rings (SSSR count). The molecule has 2 N–H and O–H groups in total. The molecule has 1 aliphatic carbocycles. The van der Waals surface area contributed by atoms with Gasteiger partial charge in [0, 0.05) is 25.7 Å². The molecule has 1 saturated carbocycles. The first-order valence-corrected chi connectivity index (χ1v) is 7.97. The summed E-state index contributed by atoms with van der Waals surface area (Å²) in [5.41, 5.74) is -0.0620. The highest BCUT2D eigenvalue weighted by Crippen LogP contribution is 2.28. The molecule has 0 spiro atoms. The van der Waals surface area contributed by atoms with E-state index in [0.717, 1.165) is 52.5 Å². The molecule has 4 heterocycles. The molecule has 0 atom stereocenters. The summed E-state index contributed by atoms with van der Waals surface area (Å²) in [4.78, 5) is 19.6. The zero-order valence-electron chi connectivity index (χ0n) is 12.1. The van der Waals surface area contributed by atoms with Gasteiger partial charge in [-0.25, -0.2) is 4.79 Å². The summed E-state index contributed by atoms with van der Waals surface area (Å²) >= 11 is 0. The Morgan fingerprint density at radius 3 is 2.00 bits per heavy atom.